The van der Waals surface area contributed by atoms with Gasteiger partial charge in [0.2, 0.25) is 0 Å². The van der Waals surface area contributed by atoms with Crippen LogP contribution in [0.25, 0.3) is 0 Å². The standard InChI is InChI=1S/C12H19N3/c1-8-6-12(14-7-11(8)13)15(3)9(2)10-4-5-10/h6-7,9-10H,4-5,13H2,1-3H3. The van der Waals surface area contributed by atoms with Gasteiger partial charge in [0.25, 0.3) is 0 Å². The minimum absolute atomic E-state index is 0.584. The number of pyridine rings is 1. The second-order valence-electron chi connectivity index (χ2n) is 4.59. The number of nitrogens with zero attached hydrogens (tertiary/aromatic N) is 2. The Kier molecular flexibility index (Phi) is 2.55. The number of hydrogen-bond acceptors (Lipinski definition) is 3. The normalized spacial score (nSPS) is 17.5. The Morgan fingerprint density at radius 1 is 1.53 bits per heavy atom. The minimum Gasteiger partial charge on any atom is -0.397 e. The summed E-state index contributed by atoms with van der Waals surface area (Å²) in [4.78, 5) is 6.63. The van der Waals surface area contributed by atoms with Gasteiger partial charge in [0, 0.05) is 13.1 Å². The Morgan fingerprint density at radius 3 is 2.73 bits per heavy atom. The number of aryl methyl sites for hydroxylation is 1. The van der Waals surface area contributed by atoms with E-state index in [-0.39, 0.29) is 0 Å². The van der Waals surface area contributed by atoms with Crippen molar-refractivity contribution >= 4 is 11.5 Å². The Bertz CT molecular complexity index is 358. The summed E-state index contributed by atoms with van der Waals surface area (Å²) < 4.78 is 0. The van der Waals surface area contributed by atoms with E-state index in [4.69, 9.17) is 5.73 Å². The fourth-order valence-corrected chi connectivity index (χ4v) is 1.85. The molecule has 2 rings (SSSR count). The van der Waals surface area contributed by atoms with Crippen molar-refractivity contribution in [2.75, 3.05) is 17.7 Å². The lowest BCUT2D eigenvalue weighted by Gasteiger charge is -2.26. The van der Waals surface area contributed by atoms with E-state index < -0.39 is 0 Å². The maximum atomic E-state index is 5.76. The van der Waals surface area contributed by atoms with Crippen LogP contribution in [-0.4, -0.2) is 18.1 Å². The van der Waals surface area contributed by atoms with Crippen molar-refractivity contribution in [1.29, 1.82) is 0 Å². The molecular weight excluding hydrogens is 186 g/mol. The summed E-state index contributed by atoms with van der Waals surface area (Å²) in [6.45, 7) is 4.29. The summed E-state index contributed by atoms with van der Waals surface area (Å²) in [5, 5.41) is 0. The smallest absolute Gasteiger partial charge is 0.128 e. The van der Waals surface area contributed by atoms with Crippen molar-refractivity contribution in [3.8, 4) is 0 Å². The second-order valence-corrected chi connectivity index (χ2v) is 4.59. The fraction of sp³-hybridized carbons (Fsp3) is 0.583. The molecule has 3 heteroatoms. The topological polar surface area (TPSA) is 42.2 Å². The maximum absolute atomic E-state index is 5.76. The number of anilines is 2. The molecule has 0 radical (unpaired) electrons. The molecule has 0 amide bonds. The average Bonchev–Trinajstić information content (AvgIpc) is 3.03. The van der Waals surface area contributed by atoms with Gasteiger partial charge in [-0.05, 0) is 44.2 Å². The molecule has 1 aliphatic carbocycles. The van der Waals surface area contributed by atoms with Crippen LogP contribution in [0.15, 0.2) is 12.3 Å². The molecule has 1 heterocycles. The van der Waals surface area contributed by atoms with E-state index in [1.54, 1.807) is 6.20 Å². The van der Waals surface area contributed by atoms with E-state index >= 15 is 0 Å². The van der Waals surface area contributed by atoms with Gasteiger partial charge in [-0.3, -0.25) is 0 Å². The first-order valence-corrected chi connectivity index (χ1v) is 5.54. The zero-order valence-electron chi connectivity index (χ0n) is 9.70. The monoisotopic (exact) mass is 205 g/mol. The first kappa shape index (κ1) is 10.3. The molecule has 0 aliphatic heterocycles. The van der Waals surface area contributed by atoms with E-state index in [2.05, 4.69) is 29.9 Å². The van der Waals surface area contributed by atoms with Crippen molar-refractivity contribution in [1.82, 2.24) is 4.98 Å². The highest BCUT2D eigenvalue weighted by molar-refractivity contribution is 5.52. The third-order valence-electron chi connectivity index (χ3n) is 3.41. The summed E-state index contributed by atoms with van der Waals surface area (Å²) in [6, 6.07) is 2.65. The van der Waals surface area contributed by atoms with Gasteiger partial charge in [-0.25, -0.2) is 4.98 Å². The van der Waals surface area contributed by atoms with Crippen LogP contribution in [0, 0.1) is 12.8 Å². The van der Waals surface area contributed by atoms with Gasteiger partial charge in [0.15, 0.2) is 0 Å². The summed E-state index contributed by atoms with van der Waals surface area (Å²) in [6.07, 6.45) is 4.47. The van der Waals surface area contributed by atoms with Crippen LogP contribution >= 0.6 is 0 Å². The van der Waals surface area contributed by atoms with Crippen LogP contribution in [0.2, 0.25) is 0 Å². The number of aromatic nitrogens is 1. The summed E-state index contributed by atoms with van der Waals surface area (Å²) in [5.74, 6) is 1.88. The molecule has 1 atom stereocenters. The highest BCUT2D eigenvalue weighted by Gasteiger charge is 2.31. The van der Waals surface area contributed by atoms with Crippen molar-refractivity contribution in [2.24, 2.45) is 5.92 Å². The molecule has 2 N–H and O–H groups in total. The molecule has 82 valence electrons. The predicted molar refractivity (Wildman–Crippen MR) is 64.0 cm³/mol. The molecule has 1 unspecified atom stereocenters. The number of hydrogen-bond donors (Lipinski definition) is 1. The Hall–Kier alpha value is -1.25. The number of nitrogen functional groups attached to an aromatic ring is 1. The van der Waals surface area contributed by atoms with Crippen LogP contribution in [-0.2, 0) is 0 Å². The van der Waals surface area contributed by atoms with Crippen molar-refractivity contribution in [3.63, 3.8) is 0 Å². The SMILES string of the molecule is Cc1cc(N(C)C(C)C2CC2)ncc1N. The minimum atomic E-state index is 0.584. The second kappa shape index (κ2) is 3.72. The fourth-order valence-electron chi connectivity index (χ4n) is 1.85. The van der Waals surface area contributed by atoms with Crippen molar-refractivity contribution in [3.05, 3.63) is 17.8 Å². The third-order valence-corrected chi connectivity index (χ3v) is 3.41. The zero-order chi connectivity index (χ0) is 11.0. The van der Waals surface area contributed by atoms with Crippen LogP contribution in [0.1, 0.15) is 25.3 Å². The lowest BCUT2D eigenvalue weighted by molar-refractivity contribution is 0.604. The van der Waals surface area contributed by atoms with E-state index in [1.165, 1.54) is 12.8 Å². The van der Waals surface area contributed by atoms with Crippen molar-refractivity contribution in [2.45, 2.75) is 32.7 Å². The van der Waals surface area contributed by atoms with Gasteiger partial charge in [-0.1, -0.05) is 0 Å². The van der Waals surface area contributed by atoms with Gasteiger partial charge in [-0.2, -0.15) is 0 Å². The molecule has 1 saturated carbocycles. The molecule has 0 aromatic carbocycles. The molecule has 15 heavy (non-hydrogen) atoms. The molecule has 0 bridgehead atoms. The predicted octanol–water partition coefficient (Wildman–Crippen LogP) is 2.21. The van der Waals surface area contributed by atoms with E-state index in [1.807, 2.05) is 6.92 Å². The summed E-state index contributed by atoms with van der Waals surface area (Å²) in [7, 11) is 2.11. The summed E-state index contributed by atoms with van der Waals surface area (Å²) >= 11 is 0. The molecular formula is C12H19N3. The average molecular weight is 205 g/mol. The lowest BCUT2D eigenvalue weighted by atomic mass is 10.2. The number of rotatable bonds is 3. The maximum Gasteiger partial charge on any atom is 0.128 e. The lowest BCUT2D eigenvalue weighted by Crippen LogP contribution is -2.31. The quantitative estimate of drug-likeness (QED) is 0.822. The van der Waals surface area contributed by atoms with E-state index in [0.29, 0.717) is 6.04 Å². The Labute approximate surface area is 91.3 Å². The van der Waals surface area contributed by atoms with Crippen molar-refractivity contribution < 1.29 is 0 Å². The molecule has 1 aromatic rings. The Morgan fingerprint density at radius 2 is 2.20 bits per heavy atom. The molecule has 0 saturated heterocycles. The van der Waals surface area contributed by atoms with Crippen LogP contribution in [0.5, 0.6) is 0 Å². The van der Waals surface area contributed by atoms with Gasteiger partial charge in [-0.15, -0.1) is 0 Å². The Balaban J connectivity index is 2.17. The number of nitrogens with two attached hydrogens (primary N) is 1. The molecule has 1 aliphatic rings. The van der Waals surface area contributed by atoms with Gasteiger partial charge in [0.1, 0.15) is 5.82 Å². The van der Waals surface area contributed by atoms with E-state index in [9.17, 15) is 0 Å². The highest BCUT2D eigenvalue weighted by atomic mass is 15.2. The third kappa shape index (κ3) is 2.06. The summed E-state index contributed by atoms with van der Waals surface area (Å²) in [5.41, 5.74) is 7.63. The van der Waals surface area contributed by atoms with Crippen LogP contribution in [0.4, 0.5) is 11.5 Å². The van der Waals surface area contributed by atoms with Gasteiger partial charge >= 0.3 is 0 Å². The molecule has 0 spiro atoms. The van der Waals surface area contributed by atoms with Gasteiger partial charge in [0.05, 0.1) is 11.9 Å². The molecule has 1 fully saturated rings. The van der Waals surface area contributed by atoms with Crippen LogP contribution < -0.4 is 10.6 Å². The molecule has 3 nitrogen and oxygen atoms in total. The largest absolute Gasteiger partial charge is 0.397 e. The van der Waals surface area contributed by atoms with Crippen LogP contribution in [0.3, 0.4) is 0 Å². The first-order valence-electron chi connectivity index (χ1n) is 5.54. The van der Waals surface area contributed by atoms with Gasteiger partial charge < -0.3 is 10.6 Å². The zero-order valence-corrected chi connectivity index (χ0v) is 9.70. The molecule has 1 aromatic heterocycles. The first-order chi connectivity index (χ1) is 7.09. The van der Waals surface area contributed by atoms with E-state index in [0.717, 1.165) is 23.0 Å². The highest BCUT2D eigenvalue weighted by Crippen LogP contribution is 2.36.